The fourth-order valence-corrected chi connectivity index (χ4v) is 5.63. The Bertz CT molecular complexity index is 1580. The minimum atomic E-state index is -1.32. The summed E-state index contributed by atoms with van der Waals surface area (Å²) in [6.07, 6.45) is 0.189. The first-order valence-electron chi connectivity index (χ1n) is 12.1. The summed E-state index contributed by atoms with van der Waals surface area (Å²) >= 11 is 0. The second-order valence-corrected chi connectivity index (χ2v) is 11.2. The Morgan fingerprint density at radius 1 is 0.500 bits per heavy atom. The van der Waals surface area contributed by atoms with Crippen LogP contribution in [-0.4, -0.2) is 0 Å². The first kappa shape index (κ1) is 24.3. The van der Waals surface area contributed by atoms with E-state index in [-0.39, 0.29) is 6.42 Å². The molecule has 0 fully saturated rings. The zero-order valence-electron chi connectivity index (χ0n) is 21.1. The first-order chi connectivity index (χ1) is 16.9. The molecule has 0 aliphatic carbocycles. The summed E-state index contributed by atoms with van der Waals surface area (Å²) in [7, 11) is 0. The van der Waals surface area contributed by atoms with Gasteiger partial charge < -0.3 is 0 Å². The Morgan fingerprint density at radius 2 is 0.889 bits per heavy atom. The number of hydrogen-bond donors (Lipinski definition) is 0. The lowest BCUT2D eigenvalue weighted by molar-refractivity contribution is 0.364. The molecule has 0 aromatic heterocycles. The highest BCUT2D eigenvalue weighted by Crippen LogP contribution is 2.42. The molecule has 5 aromatic rings. The molecular formula is C32H28F4. The summed E-state index contributed by atoms with van der Waals surface area (Å²) in [5.41, 5.74) is -2.59. The van der Waals surface area contributed by atoms with E-state index in [4.69, 9.17) is 0 Å². The van der Waals surface area contributed by atoms with Gasteiger partial charge in [0.2, 0.25) is 0 Å². The Balaban J connectivity index is 1.77. The molecule has 0 unspecified atom stereocenters. The summed E-state index contributed by atoms with van der Waals surface area (Å²) in [5, 5.41) is 6.31. The minimum absolute atomic E-state index is 0.189. The van der Waals surface area contributed by atoms with Crippen molar-refractivity contribution >= 4 is 32.3 Å². The first-order valence-corrected chi connectivity index (χ1v) is 12.1. The summed E-state index contributed by atoms with van der Waals surface area (Å²) in [5.74, 6) is -5.28. The largest absolute Gasteiger partial charge is 0.203 e. The van der Waals surface area contributed by atoms with Crippen molar-refractivity contribution in [2.75, 3.05) is 0 Å². The van der Waals surface area contributed by atoms with Gasteiger partial charge >= 0.3 is 0 Å². The van der Waals surface area contributed by atoms with Crippen LogP contribution in [0, 0.1) is 23.3 Å². The van der Waals surface area contributed by atoms with E-state index in [1.165, 1.54) is 20.8 Å². The maximum atomic E-state index is 15.4. The second-order valence-electron chi connectivity index (χ2n) is 11.2. The van der Waals surface area contributed by atoms with Gasteiger partial charge in [-0.15, -0.1) is 0 Å². The van der Waals surface area contributed by atoms with Gasteiger partial charge in [-0.3, -0.25) is 0 Å². The van der Waals surface area contributed by atoms with Gasteiger partial charge in [-0.05, 0) is 55.1 Å². The maximum absolute atomic E-state index is 15.4. The van der Waals surface area contributed by atoms with Crippen molar-refractivity contribution in [3.8, 4) is 0 Å². The molecule has 5 aromatic carbocycles. The molecule has 0 atom stereocenters. The third-order valence-electron chi connectivity index (χ3n) is 7.18. The lowest BCUT2D eigenvalue weighted by Crippen LogP contribution is -2.28. The average Bonchev–Trinajstić information content (AvgIpc) is 2.82. The highest BCUT2D eigenvalue weighted by molar-refractivity contribution is 6.26. The van der Waals surface area contributed by atoms with Crippen LogP contribution in [0.2, 0.25) is 0 Å². The van der Waals surface area contributed by atoms with Crippen LogP contribution >= 0.6 is 0 Å². The van der Waals surface area contributed by atoms with E-state index in [9.17, 15) is 0 Å². The van der Waals surface area contributed by atoms with Crippen LogP contribution in [0.3, 0.4) is 0 Å². The molecule has 0 radical (unpaired) electrons. The third-order valence-corrected chi connectivity index (χ3v) is 7.18. The van der Waals surface area contributed by atoms with Crippen molar-refractivity contribution in [1.29, 1.82) is 0 Å². The van der Waals surface area contributed by atoms with Crippen LogP contribution in [0.15, 0.2) is 66.7 Å². The standard InChI is InChI=1S/C32H28F4/c1-31(2,3)25-27(33)29(35)26(30(36)28(25)34)32(4,5)17-18-11-10-16-23-21-13-7-6-12-19(21)20-14-8-9-15-22(20)24(18)23/h6-16H,17H2,1-5H3. The summed E-state index contributed by atoms with van der Waals surface area (Å²) < 4.78 is 61.1. The van der Waals surface area contributed by atoms with Crippen LogP contribution in [0.25, 0.3) is 32.3 Å². The molecule has 0 amide bonds. The predicted molar refractivity (Wildman–Crippen MR) is 141 cm³/mol. The number of rotatable bonds is 3. The molecule has 0 aliphatic heterocycles. The minimum Gasteiger partial charge on any atom is -0.203 e. The van der Waals surface area contributed by atoms with Crippen LogP contribution in [0.1, 0.15) is 51.3 Å². The lowest BCUT2D eigenvalue weighted by Gasteiger charge is -2.30. The molecule has 0 aliphatic rings. The zero-order chi connectivity index (χ0) is 26.0. The second kappa shape index (κ2) is 8.33. The Kier molecular flexibility index (Phi) is 5.62. The summed E-state index contributed by atoms with van der Waals surface area (Å²) in [6.45, 7) is 7.86. The Morgan fingerprint density at radius 3 is 1.36 bits per heavy atom. The van der Waals surface area contributed by atoms with E-state index in [0.717, 1.165) is 37.9 Å². The van der Waals surface area contributed by atoms with E-state index in [2.05, 4.69) is 18.2 Å². The van der Waals surface area contributed by atoms with Gasteiger partial charge in [0.25, 0.3) is 0 Å². The lowest BCUT2D eigenvalue weighted by atomic mass is 9.75. The molecule has 0 bridgehead atoms. The van der Waals surface area contributed by atoms with Crippen LogP contribution < -0.4 is 0 Å². The van der Waals surface area contributed by atoms with Gasteiger partial charge in [0.1, 0.15) is 0 Å². The van der Waals surface area contributed by atoms with Gasteiger partial charge in [-0.25, -0.2) is 17.6 Å². The molecule has 0 nitrogen and oxygen atoms in total. The molecule has 0 heterocycles. The normalized spacial score (nSPS) is 12.7. The van der Waals surface area contributed by atoms with Gasteiger partial charge in [0.15, 0.2) is 23.3 Å². The van der Waals surface area contributed by atoms with Crippen LogP contribution in [-0.2, 0) is 17.3 Å². The molecule has 5 rings (SSSR count). The van der Waals surface area contributed by atoms with Crippen LogP contribution in [0.5, 0.6) is 0 Å². The molecule has 184 valence electrons. The molecule has 0 N–H and O–H groups in total. The SMILES string of the molecule is CC(C)(C)c1c(F)c(F)c(C(C)(C)Cc2cccc3c4ccccc4c4ccccc4c23)c(F)c1F. The third kappa shape index (κ3) is 3.66. The fourth-order valence-electron chi connectivity index (χ4n) is 5.63. The molecular weight excluding hydrogens is 460 g/mol. The van der Waals surface area contributed by atoms with Crippen molar-refractivity contribution < 1.29 is 17.6 Å². The molecule has 4 heteroatoms. The van der Waals surface area contributed by atoms with Gasteiger partial charge in [0.05, 0.1) is 0 Å². The van der Waals surface area contributed by atoms with E-state index < -0.39 is 45.2 Å². The highest BCUT2D eigenvalue weighted by Gasteiger charge is 2.37. The fraction of sp³-hybridized carbons (Fsp3) is 0.250. The van der Waals surface area contributed by atoms with E-state index in [1.54, 1.807) is 13.8 Å². The van der Waals surface area contributed by atoms with E-state index in [1.807, 2.05) is 48.5 Å². The topological polar surface area (TPSA) is 0 Å². The highest BCUT2D eigenvalue weighted by atomic mass is 19.2. The van der Waals surface area contributed by atoms with Crippen molar-refractivity contribution in [3.05, 3.63) is 107 Å². The number of benzene rings is 5. The summed E-state index contributed by atoms with van der Waals surface area (Å²) in [6, 6.07) is 22.1. The number of hydrogen-bond acceptors (Lipinski definition) is 0. The molecule has 0 saturated heterocycles. The predicted octanol–water partition coefficient (Wildman–Crippen LogP) is 9.52. The average molecular weight is 489 g/mol. The monoisotopic (exact) mass is 488 g/mol. The molecule has 0 spiro atoms. The van der Waals surface area contributed by atoms with E-state index >= 15 is 17.6 Å². The Hall–Kier alpha value is -3.40. The van der Waals surface area contributed by atoms with Gasteiger partial charge in [-0.2, -0.15) is 0 Å². The van der Waals surface area contributed by atoms with E-state index in [0.29, 0.717) is 0 Å². The summed E-state index contributed by atoms with van der Waals surface area (Å²) in [4.78, 5) is 0. The quantitative estimate of drug-likeness (QED) is 0.135. The Labute approximate surface area is 208 Å². The molecule has 0 saturated carbocycles. The zero-order valence-corrected chi connectivity index (χ0v) is 21.1. The van der Waals surface area contributed by atoms with Crippen molar-refractivity contribution in [3.63, 3.8) is 0 Å². The number of halogens is 4. The van der Waals surface area contributed by atoms with Crippen LogP contribution in [0.4, 0.5) is 17.6 Å². The van der Waals surface area contributed by atoms with Gasteiger partial charge in [0, 0.05) is 11.1 Å². The maximum Gasteiger partial charge on any atom is 0.166 e. The smallest absolute Gasteiger partial charge is 0.166 e. The van der Waals surface area contributed by atoms with Crippen molar-refractivity contribution in [2.24, 2.45) is 0 Å². The molecule has 36 heavy (non-hydrogen) atoms. The number of fused-ring (bicyclic) bond motifs is 6. The van der Waals surface area contributed by atoms with Crippen molar-refractivity contribution in [2.45, 2.75) is 51.9 Å². The van der Waals surface area contributed by atoms with Gasteiger partial charge in [-0.1, -0.05) is 101 Å². The van der Waals surface area contributed by atoms with Crippen molar-refractivity contribution in [1.82, 2.24) is 0 Å².